The first-order chi connectivity index (χ1) is 7.78. The molecule has 0 bridgehead atoms. The van der Waals surface area contributed by atoms with Gasteiger partial charge in [-0.2, -0.15) is 0 Å². The van der Waals surface area contributed by atoms with E-state index in [1.807, 2.05) is 11.8 Å². The highest BCUT2D eigenvalue weighted by atomic mass is 32.2. The molecule has 4 heteroatoms. The molecule has 17 heavy (non-hydrogen) atoms. The predicted octanol–water partition coefficient (Wildman–Crippen LogP) is 2.43. The first-order valence-electron chi connectivity index (χ1n) is 6.39. The number of aliphatic imine (C=N–C) groups is 1. The van der Waals surface area contributed by atoms with Crippen molar-refractivity contribution in [1.29, 1.82) is 0 Å². The number of thioether (sulfide) groups is 1. The van der Waals surface area contributed by atoms with Crippen LogP contribution in [0.15, 0.2) is 4.99 Å². The van der Waals surface area contributed by atoms with Gasteiger partial charge in [-0.1, -0.05) is 32.5 Å². The molecule has 3 nitrogen and oxygen atoms in total. The van der Waals surface area contributed by atoms with E-state index in [1.54, 1.807) is 0 Å². The van der Waals surface area contributed by atoms with Gasteiger partial charge in [0.05, 0.1) is 6.54 Å². The molecule has 0 amide bonds. The third-order valence-corrected chi connectivity index (χ3v) is 4.13. The minimum Gasteiger partial charge on any atom is -0.363 e. The summed E-state index contributed by atoms with van der Waals surface area (Å²) >= 11 is 1.91. The molecule has 0 saturated heterocycles. The molecule has 0 spiro atoms. The van der Waals surface area contributed by atoms with Crippen LogP contribution in [0.25, 0.3) is 0 Å². The number of nitrogens with zero attached hydrogens (tertiary/aromatic N) is 2. The normalized spacial score (nSPS) is 22.8. The highest BCUT2D eigenvalue weighted by molar-refractivity contribution is 8.14. The average Bonchev–Trinajstić information content (AvgIpc) is 2.59. The molecule has 1 aliphatic heterocycles. The van der Waals surface area contributed by atoms with Gasteiger partial charge < -0.3 is 10.2 Å². The van der Waals surface area contributed by atoms with Crippen molar-refractivity contribution >= 4 is 16.9 Å². The van der Waals surface area contributed by atoms with Crippen LogP contribution in [-0.4, -0.2) is 48.5 Å². The topological polar surface area (TPSA) is 27.6 Å². The number of likely N-dealkylation sites (N-methyl/N-ethyl adjacent to an activating group) is 1. The largest absolute Gasteiger partial charge is 0.363 e. The van der Waals surface area contributed by atoms with Crippen LogP contribution < -0.4 is 5.32 Å². The lowest BCUT2D eigenvalue weighted by Crippen LogP contribution is -2.37. The summed E-state index contributed by atoms with van der Waals surface area (Å²) in [4.78, 5) is 6.80. The molecule has 0 aromatic rings. The zero-order valence-electron chi connectivity index (χ0n) is 12.1. The van der Waals surface area contributed by atoms with Crippen molar-refractivity contribution in [2.75, 3.05) is 27.2 Å². The summed E-state index contributed by atoms with van der Waals surface area (Å²) in [5, 5.41) is 5.24. The Morgan fingerprint density at radius 3 is 2.65 bits per heavy atom. The Labute approximate surface area is 110 Å². The van der Waals surface area contributed by atoms with Gasteiger partial charge in [-0.3, -0.25) is 4.99 Å². The van der Waals surface area contributed by atoms with E-state index in [2.05, 4.69) is 57.0 Å². The minimum atomic E-state index is 0.402. The second kappa shape index (κ2) is 6.10. The minimum absolute atomic E-state index is 0.402. The average molecular weight is 257 g/mol. The molecule has 0 saturated carbocycles. The molecule has 0 aliphatic carbocycles. The third kappa shape index (κ3) is 5.77. The van der Waals surface area contributed by atoms with Gasteiger partial charge in [0.15, 0.2) is 5.17 Å². The van der Waals surface area contributed by atoms with Crippen molar-refractivity contribution in [3.8, 4) is 0 Å². The van der Waals surface area contributed by atoms with Crippen LogP contribution in [0.3, 0.4) is 0 Å². The summed E-state index contributed by atoms with van der Waals surface area (Å²) in [6, 6.07) is 0.542. The van der Waals surface area contributed by atoms with Gasteiger partial charge in [0.2, 0.25) is 0 Å². The lowest BCUT2D eigenvalue weighted by molar-refractivity contribution is 0.313. The maximum Gasteiger partial charge on any atom is 0.156 e. The quantitative estimate of drug-likeness (QED) is 0.838. The Hall–Kier alpha value is -0.220. The van der Waals surface area contributed by atoms with Crippen LogP contribution in [0.4, 0.5) is 0 Å². The third-order valence-electron chi connectivity index (χ3n) is 2.99. The number of rotatable bonds is 4. The van der Waals surface area contributed by atoms with E-state index in [1.165, 1.54) is 6.42 Å². The summed E-state index contributed by atoms with van der Waals surface area (Å²) in [6.07, 6.45) is 1.23. The van der Waals surface area contributed by atoms with E-state index in [-0.39, 0.29) is 0 Å². The molecule has 2 unspecified atom stereocenters. The molecular weight excluding hydrogens is 230 g/mol. The molecule has 0 fully saturated rings. The van der Waals surface area contributed by atoms with Crippen molar-refractivity contribution in [1.82, 2.24) is 10.2 Å². The van der Waals surface area contributed by atoms with E-state index in [0.29, 0.717) is 16.7 Å². The second-order valence-electron chi connectivity index (χ2n) is 6.34. The van der Waals surface area contributed by atoms with Crippen molar-refractivity contribution in [2.24, 2.45) is 10.4 Å². The number of amidine groups is 1. The van der Waals surface area contributed by atoms with Crippen molar-refractivity contribution < 1.29 is 0 Å². The molecule has 0 radical (unpaired) electrons. The Morgan fingerprint density at radius 1 is 1.47 bits per heavy atom. The molecular formula is C13H27N3S. The molecule has 1 heterocycles. The van der Waals surface area contributed by atoms with Crippen molar-refractivity contribution in [3.05, 3.63) is 0 Å². The Kier molecular flexibility index (Phi) is 5.32. The van der Waals surface area contributed by atoms with Gasteiger partial charge in [-0.25, -0.2) is 0 Å². The van der Waals surface area contributed by atoms with E-state index >= 15 is 0 Å². The van der Waals surface area contributed by atoms with Gasteiger partial charge in [0, 0.05) is 17.8 Å². The van der Waals surface area contributed by atoms with Gasteiger partial charge >= 0.3 is 0 Å². The van der Waals surface area contributed by atoms with E-state index in [0.717, 1.165) is 18.3 Å². The molecule has 100 valence electrons. The Balaban J connectivity index is 2.26. The summed E-state index contributed by atoms with van der Waals surface area (Å²) in [6.45, 7) is 11.1. The fraction of sp³-hybridized carbons (Fsp3) is 0.923. The maximum absolute atomic E-state index is 4.58. The van der Waals surface area contributed by atoms with Crippen LogP contribution in [-0.2, 0) is 0 Å². The van der Waals surface area contributed by atoms with Crippen molar-refractivity contribution in [2.45, 2.75) is 45.4 Å². The zero-order valence-corrected chi connectivity index (χ0v) is 12.9. The highest BCUT2D eigenvalue weighted by Gasteiger charge is 2.25. The molecule has 2 atom stereocenters. The van der Waals surface area contributed by atoms with Crippen LogP contribution in [0.2, 0.25) is 0 Å². The monoisotopic (exact) mass is 257 g/mol. The lowest BCUT2D eigenvalue weighted by atomic mass is 9.90. The van der Waals surface area contributed by atoms with E-state index < -0.39 is 0 Å². The SMILES string of the molecule is CC(CNC1=NCC(CC(C)(C)C)S1)N(C)C. The van der Waals surface area contributed by atoms with Crippen LogP contribution in [0, 0.1) is 5.41 Å². The molecule has 1 aliphatic rings. The molecule has 1 rings (SSSR count). The lowest BCUT2D eigenvalue weighted by Gasteiger charge is -2.22. The zero-order chi connectivity index (χ0) is 13.1. The van der Waals surface area contributed by atoms with E-state index in [9.17, 15) is 0 Å². The first-order valence-corrected chi connectivity index (χ1v) is 7.27. The first kappa shape index (κ1) is 14.8. The Bertz CT molecular complexity index is 268. The van der Waals surface area contributed by atoms with Gasteiger partial charge in [0.1, 0.15) is 0 Å². The van der Waals surface area contributed by atoms with Crippen LogP contribution >= 0.6 is 11.8 Å². The number of hydrogen-bond acceptors (Lipinski definition) is 4. The van der Waals surface area contributed by atoms with Crippen molar-refractivity contribution in [3.63, 3.8) is 0 Å². The van der Waals surface area contributed by atoms with Gasteiger partial charge in [-0.15, -0.1) is 0 Å². The van der Waals surface area contributed by atoms with E-state index in [4.69, 9.17) is 0 Å². The fourth-order valence-electron chi connectivity index (χ4n) is 1.72. The fourth-order valence-corrected chi connectivity index (χ4v) is 3.09. The summed E-state index contributed by atoms with van der Waals surface area (Å²) < 4.78 is 0. The predicted molar refractivity (Wildman–Crippen MR) is 78.9 cm³/mol. The van der Waals surface area contributed by atoms with Crippen LogP contribution in [0.1, 0.15) is 34.1 Å². The number of nitrogens with one attached hydrogen (secondary N) is 1. The standard InChI is InChI=1S/C13H27N3S/c1-10(16(5)6)8-14-12-15-9-11(17-12)7-13(2,3)4/h10-11H,7-9H2,1-6H3,(H,14,15). The summed E-state index contributed by atoms with van der Waals surface area (Å²) in [5.74, 6) is 0. The molecule has 0 aromatic heterocycles. The summed E-state index contributed by atoms with van der Waals surface area (Å²) in [5.41, 5.74) is 0.402. The van der Waals surface area contributed by atoms with Crippen LogP contribution in [0.5, 0.6) is 0 Å². The number of hydrogen-bond donors (Lipinski definition) is 1. The Morgan fingerprint density at radius 2 is 2.12 bits per heavy atom. The van der Waals surface area contributed by atoms with Gasteiger partial charge in [0.25, 0.3) is 0 Å². The second-order valence-corrected chi connectivity index (χ2v) is 7.63. The summed E-state index contributed by atoms with van der Waals surface area (Å²) in [7, 11) is 4.22. The highest BCUT2D eigenvalue weighted by Crippen LogP contribution is 2.31. The molecule has 1 N–H and O–H groups in total. The van der Waals surface area contributed by atoms with Gasteiger partial charge in [-0.05, 0) is 32.9 Å². The molecule has 0 aromatic carbocycles. The maximum atomic E-state index is 4.58. The smallest absolute Gasteiger partial charge is 0.156 e.